The summed E-state index contributed by atoms with van der Waals surface area (Å²) < 4.78 is 0. The molecule has 2 aliphatic rings. The first-order chi connectivity index (χ1) is 11.9. The van der Waals surface area contributed by atoms with Gasteiger partial charge < -0.3 is 0 Å². The first-order valence-corrected chi connectivity index (χ1v) is 10.9. The van der Waals surface area contributed by atoms with Crippen LogP contribution in [-0.4, -0.2) is 0 Å². The van der Waals surface area contributed by atoms with E-state index in [1.165, 1.54) is 96.3 Å². The molecule has 2 fully saturated rings. The predicted molar refractivity (Wildman–Crippen MR) is 105 cm³/mol. The van der Waals surface area contributed by atoms with Crippen molar-refractivity contribution in [2.75, 3.05) is 0 Å². The molecule has 1 aromatic carbocycles. The average molecular weight is 327 g/mol. The first-order valence-electron chi connectivity index (χ1n) is 10.9. The zero-order chi connectivity index (χ0) is 16.5. The number of rotatable bonds is 10. The van der Waals surface area contributed by atoms with E-state index in [0.717, 1.165) is 17.8 Å². The molecule has 24 heavy (non-hydrogen) atoms. The zero-order valence-corrected chi connectivity index (χ0v) is 15.7. The molecular formula is C24H38. The van der Waals surface area contributed by atoms with Gasteiger partial charge in [-0.05, 0) is 29.7 Å². The standard InChI is InChI=1S/C24H38/c1-2-14-23(15-3-1)20-24(18-8-16-21-10-4-5-11-21)19-9-17-22-12-6-7-13-22/h1-3,14-15,21-22,24H,4-13,16-20H2. The smallest absolute Gasteiger partial charge is 0.0250 e. The highest BCUT2D eigenvalue weighted by Gasteiger charge is 2.18. The summed E-state index contributed by atoms with van der Waals surface area (Å²) in [5.41, 5.74) is 1.56. The molecule has 0 spiro atoms. The lowest BCUT2D eigenvalue weighted by molar-refractivity contribution is 0.364. The van der Waals surface area contributed by atoms with Crippen molar-refractivity contribution >= 4 is 0 Å². The summed E-state index contributed by atoms with van der Waals surface area (Å²) >= 11 is 0. The number of hydrogen-bond donors (Lipinski definition) is 0. The highest BCUT2D eigenvalue weighted by molar-refractivity contribution is 5.15. The van der Waals surface area contributed by atoms with Gasteiger partial charge in [0.2, 0.25) is 0 Å². The van der Waals surface area contributed by atoms with Crippen LogP contribution in [0.5, 0.6) is 0 Å². The maximum atomic E-state index is 2.33. The summed E-state index contributed by atoms with van der Waals surface area (Å²) in [6.45, 7) is 0. The van der Waals surface area contributed by atoms with Gasteiger partial charge in [-0.3, -0.25) is 0 Å². The fourth-order valence-corrected chi connectivity index (χ4v) is 5.28. The van der Waals surface area contributed by atoms with Crippen molar-refractivity contribution in [3.8, 4) is 0 Å². The molecule has 0 radical (unpaired) electrons. The monoisotopic (exact) mass is 326 g/mol. The van der Waals surface area contributed by atoms with E-state index < -0.39 is 0 Å². The van der Waals surface area contributed by atoms with Crippen molar-refractivity contribution in [3.05, 3.63) is 35.9 Å². The van der Waals surface area contributed by atoms with Crippen molar-refractivity contribution in [1.82, 2.24) is 0 Å². The molecule has 2 saturated carbocycles. The molecule has 0 aliphatic heterocycles. The van der Waals surface area contributed by atoms with E-state index in [4.69, 9.17) is 0 Å². The largest absolute Gasteiger partial charge is 0.0622 e. The van der Waals surface area contributed by atoms with Crippen LogP contribution in [0, 0.1) is 17.8 Å². The minimum Gasteiger partial charge on any atom is -0.0622 e. The molecular weight excluding hydrogens is 288 g/mol. The Hall–Kier alpha value is -0.780. The molecule has 1 aromatic rings. The Morgan fingerprint density at radius 2 is 1.21 bits per heavy atom. The van der Waals surface area contributed by atoms with E-state index in [2.05, 4.69) is 30.3 Å². The maximum Gasteiger partial charge on any atom is -0.0250 e. The lowest BCUT2D eigenvalue weighted by Gasteiger charge is -2.19. The van der Waals surface area contributed by atoms with Gasteiger partial charge in [0, 0.05) is 0 Å². The Balaban J connectivity index is 1.41. The molecule has 0 amide bonds. The number of hydrogen-bond acceptors (Lipinski definition) is 0. The third kappa shape index (κ3) is 6.26. The lowest BCUT2D eigenvalue weighted by Crippen LogP contribution is -2.07. The summed E-state index contributed by atoms with van der Waals surface area (Å²) in [4.78, 5) is 0. The fourth-order valence-electron chi connectivity index (χ4n) is 5.28. The van der Waals surface area contributed by atoms with Crippen molar-refractivity contribution in [1.29, 1.82) is 0 Å². The van der Waals surface area contributed by atoms with Crippen molar-refractivity contribution in [2.24, 2.45) is 17.8 Å². The van der Waals surface area contributed by atoms with Crippen molar-refractivity contribution in [3.63, 3.8) is 0 Å². The van der Waals surface area contributed by atoms with Crippen molar-refractivity contribution < 1.29 is 0 Å². The van der Waals surface area contributed by atoms with Crippen LogP contribution in [0.2, 0.25) is 0 Å². The van der Waals surface area contributed by atoms with E-state index >= 15 is 0 Å². The van der Waals surface area contributed by atoms with E-state index in [9.17, 15) is 0 Å². The molecule has 0 heterocycles. The van der Waals surface area contributed by atoms with E-state index in [1.54, 1.807) is 5.56 Å². The Labute approximate surface area is 150 Å². The molecule has 0 atom stereocenters. The van der Waals surface area contributed by atoms with Crippen LogP contribution in [0.15, 0.2) is 30.3 Å². The lowest BCUT2D eigenvalue weighted by atomic mass is 9.86. The molecule has 0 saturated heterocycles. The van der Waals surface area contributed by atoms with Crippen LogP contribution in [0.4, 0.5) is 0 Å². The van der Waals surface area contributed by atoms with E-state index in [0.29, 0.717) is 0 Å². The van der Waals surface area contributed by atoms with E-state index in [-0.39, 0.29) is 0 Å². The molecule has 0 heteroatoms. The molecule has 0 unspecified atom stereocenters. The van der Waals surface area contributed by atoms with Crippen LogP contribution in [0.3, 0.4) is 0 Å². The molecule has 0 aromatic heterocycles. The minimum atomic E-state index is 0.926. The Morgan fingerprint density at radius 3 is 1.71 bits per heavy atom. The Kier molecular flexibility index (Phi) is 7.71. The van der Waals surface area contributed by atoms with Gasteiger partial charge in [0.25, 0.3) is 0 Å². The van der Waals surface area contributed by atoms with Crippen LogP contribution in [-0.2, 0) is 6.42 Å². The molecule has 134 valence electrons. The van der Waals surface area contributed by atoms with Crippen molar-refractivity contribution in [2.45, 2.75) is 96.3 Å². The van der Waals surface area contributed by atoms with Gasteiger partial charge in [0.15, 0.2) is 0 Å². The second kappa shape index (κ2) is 10.3. The van der Waals surface area contributed by atoms with Gasteiger partial charge in [0.1, 0.15) is 0 Å². The summed E-state index contributed by atoms with van der Waals surface area (Å²) in [6, 6.07) is 11.2. The SMILES string of the molecule is c1ccc(CC(CCCC2CCCC2)CCCC2CCCC2)cc1. The third-order valence-electron chi connectivity index (χ3n) is 6.77. The predicted octanol–water partition coefficient (Wildman–Crippen LogP) is 7.57. The molecule has 0 bridgehead atoms. The van der Waals surface area contributed by atoms with Crippen LogP contribution in [0.1, 0.15) is 95.5 Å². The van der Waals surface area contributed by atoms with Gasteiger partial charge in [-0.2, -0.15) is 0 Å². The average Bonchev–Trinajstić information content (AvgIpc) is 3.29. The fraction of sp³-hybridized carbons (Fsp3) is 0.750. The normalized spacial score (nSPS) is 19.5. The van der Waals surface area contributed by atoms with Gasteiger partial charge >= 0.3 is 0 Å². The molecule has 2 aliphatic carbocycles. The third-order valence-corrected chi connectivity index (χ3v) is 6.77. The van der Waals surface area contributed by atoms with Gasteiger partial charge in [0.05, 0.1) is 0 Å². The highest BCUT2D eigenvalue weighted by Crippen LogP contribution is 2.32. The molecule has 0 nitrogen and oxygen atoms in total. The minimum absolute atomic E-state index is 0.926. The quantitative estimate of drug-likeness (QED) is 0.416. The Morgan fingerprint density at radius 1 is 0.708 bits per heavy atom. The summed E-state index contributed by atoms with van der Waals surface area (Å²) in [7, 11) is 0. The summed E-state index contributed by atoms with van der Waals surface area (Å²) in [5, 5.41) is 0. The van der Waals surface area contributed by atoms with Gasteiger partial charge in [-0.15, -0.1) is 0 Å². The zero-order valence-electron chi connectivity index (χ0n) is 15.7. The number of benzene rings is 1. The first kappa shape index (κ1) is 18.0. The summed E-state index contributed by atoms with van der Waals surface area (Å²) in [6.07, 6.45) is 22.3. The van der Waals surface area contributed by atoms with Crippen LogP contribution < -0.4 is 0 Å². The van der Waals surface area contributed by atoms with E-state index in [1.807, 2.05) is 0 Å². The van der Waals surface area contributed by atoms with Gasteiger partial charge in [-0.1, -0.05) is 120 Å². The van der Waals surface area contributed by atoms with Crippen LogP contribution in [0.25, 0.3) is 0 Å². The van der Waals surface area contributed by atoms with Crippen LogP contribution >= 0.6 is 0 Å². The topological polar surface area (TPSA) is 0 Å². The second-order valence-corrected chi connectivity index (χ2v) is 8.72. The highest BCUT2D eigenvalue weighted by atomic mass is 14.2. The second-order valence-electron chi connectivity index (χ2n) is 8.72. The molecule has 3 rings (SSSR count). The molecule has 0 N–H and O–H groups in total. The van der Waals surface area contributed by atoms with Gasteiger partial charge in [-0.25, -0.2) is 0 Å². The summed E-state index contributed by atoms with van der Waals surface area (Å²) in [5.74, 6) is 3.07. The Bertz CT molecular complexity index is 401. The maximum absolute atomic E-state index is 2.33.